The number of nitrogens with one attached hydrogen (secondary N) is 1. The molecule has 3 heterocycles. The Bertz CT molecular complexity index is 1010. The Morgan fingerprint density at radius 1 is 1.25 bits per heavy atom. The first-order valence-electron chi connectivity index (χ1n) is 7.16. The number of anilines is 1. The third kappa shape index (κ3) is 2.45. The third-order valence-electron chi connectivity index (χ3n) is 3.52. The summed E-state index contributed by atoms with van der Waals surface area (Å²) in [5, 5.41) is 11.9. The lowest BCUT2D eigenvalue weighted by atomic mass is 10.2. The fraction of sp³-hybridized carbons (Fsp3) is 0.133. The first kappa shape index (κ1) is 14.2. The normalized spacial score (nSPS) is 11.1. The molecule has 0 aliphatic rings. The molecule has 8 nitrogen and oxygen atoms in total. The van der Waals surface area contributed by atoms with Crippen LogP contribution in [0, 0.1) is 5.82 Å². The van der Waals surface area contributed by atoms with Crippen LogP contribution in [0.4, 0.5) is 10.2 Å². The zero-order valence-electron chi connectivity index (χ0n) is 12.6. The first-order valence-corrected chi connectivity index (χ1v) is 7.16. The quantitative estimate of drug-likeness (QED) is 0.614. The number of hydrogen-bond acceptors (Lipinski definition) is 7. The Balaban J connectivity index is 1.55. The maximum atomic E-state index is 13.7. The van der Waals surface area contributed by atoms with Crippen molar-refractivity contribution in [1.29, 1.82) is 0 Å². The average molecular weight is 325 g/mol. The van der Waals surface area contributed by atoms with Crippen molar-refractivity contribution < 1.29 is 8.91 Å². The lowest BCUT2D eigenvalue weighted by molar-refractivity contribution is 0.421. The Hall–Kier alpha value is -3.36. The van der Waals surface area contributed by atoms with Gasteiger partial charge in [-0.1, -0.05) is 17.3 Å². The molecule has 9 heteroatoms. The molecule has 0 saturated heterocycles. The maximum Gasteiger partial charge on any atom is 0.260 e. The third-order valence-corrected chi connectivity index (χ3v) is 3.52. The number of halogens is 1. The molecule has 4 rings (SSSR count). The Labute approximate surface area is 135 Å². The van der Waals surface area contributed by atoms with Crippen LogP contribution in [-0.2, 0) is 13.6 Å². The van der Waals surface area contributed by atoms with Crippen LogP contribution >= 0.6 is 0 Å². The summed E-state index contributed by atoms with van der Waals surface area (Å²) in [5.74, 6) is 0.738. The van der Waals surface area contributed by atoms with Crippen molar-refractivity contribution in [3.8, 4) is 11.5 Å². The van der Waals surface area contributed by atoms with Gasteiger partial charge in [-0.15, -0.1) is 0 Å². The van der Waals surface area contributed by atoms with Crippen LogP contribution in [0.5, 0.6) is 0 Å². The second-order valence-electron chi connectivity index (χ2n) is 5.08. The van der Waals surface area contributed by atoms with Gasteiger partial charge in [0, 0.05) is 7.05 Å². The van der Waals surface area contributed by atoms with E-state index in [2.05, 4.69) is 30.5 Å². The van der Waals surface area contributed by atoms with Crippen LogP contribution in [0.25, 0.3) is 22.5 Å². The summed E-state index contributed by atoms with van der Waals surface area (Å²) in [6.45, 7) is 0.277. The standard InChI is InChI=1S/C15H12FN7O/c1-23-14-10(6-20-23)13(18-8-19-14)17-7-12-21-15(24-22-12)9-4-2-3-5-11(9)16/h2-6,8H,7H2,1H3,(H,17,18,19). The minimum Gasteiger partial charge on any atom is -0.362 e. The molecule has 0 aliphatic carbocycles. The van der Waals surface area contributed by atoms with Gasteiger partial charge in [-0.05, 0) is 12.1 Å². The van der Waals surface area contributed by atoms with Crippen molar-refractivity contribution in [1.82, 2.24) is 29.9 Å². The fourth-order valence-electron chi connectivity index (χ4n) is 2.34. The molecule has 0 bridgehead atoms. The smallest absolute Gasteiger partial charge is 0.260 e. The molecule has 0 amide bonds. The zero-order valence-corrected chi connectivity index (χ0v) is 12.6. The number of benzene rings is 1. The van der Waals surface area contributed by atoms with E-state index in [9.17, 15) is 4.39 Å². The molecule has 0 unspecified atom stereocenters. The van der Waals surface area contributed by atoms with Crippen LogP contribution < -0.4 is 5.32 Å². The van der Waals surface area contributed by atoms with E-state index in [-0.39, 0.29) is 18.0 Å². The molecular formula is C15H12FN7O. The molecule has 1 aromatic carbocycles. The highest BCUT2D eigenvalue weighted by Crippen LogP contribution is 2.21. The predicted octanol–water partition coefficient (Wildman–Crippen LogP) is 2.16. The molecule has 0 saturated carbocycles. The Morgan fingerprint density at radius 3 is 3.00 bits per heavy atom. The number of nitrogens with zero attached hydrogens (tertiary/aromatic N) is 6. The Morgan fingerprint density at radius 2 is 2.12 bits per heavy atom. The minimum atomic E-state index is -0.409. The zero-order chi connectivity index (χ0) is 16.5. The lowest BCUT2D eigenvalue weighted by Gasteiger charge is -2.03. The SMILES string of the molecule is Cn1ncc2c(NCc3noc(-c4ccccc4F)n3)ncnc21. The van der Waals surface area contributed by atoms with Crippen LogP contribution in [0.2, 0.25) is 0 Å². The molecule has 0 aliphatic heterocycles. The van der Waals surface area contributed by atoms with Gasteiger partial charge in [0.2, 0.25) is 0 Å². The van der Waals surface area contributed by atoms with Gasteiger partial charge < -0.3 is 9.84 Å². The number of aryl methyl sites for hydroxylation is 1. The van der Waals surface area contributed by atoms with Crippen molar-refractivity contribution in [2.24, 2.45) is 7.05 Å². The van der Waals surface area contributed by atoms with Crippen molar-refractivity contribution in [3.05, 3.63) is 48.4 Å². The van der Waals surface area contributed by atoms with Gasteiger partial charge in [0.05, 0.1) is 23.7 Å². The van der Waals surface area contributed by atoms with Crippen molar-refractivity contribution in [3.63, 3.8) is 0 Å². The summed E-state index contributed by atoms with van der Waals surface area (Å²) in [6.07, 6.45) is 3.13. The van der Waals surface area contributed by atoms with E-state index in [1.165, 1.54) is 12.4 Å². The lowest BCUT2D eigenvalue weighted by Crippen LogP contribution is -2.04. The summed E-state index contributed by atoms with van der Waals surface area (Å²) in [5.41, 5.74) is 0.987. The van der Waals surface area contributed by atoms with Crippen molar-refractivity contribution in [2.75, 3.05) is 5.32 Å². The summed E-state index contributed by atoms with van der Waals surface area (Å²) < 4.78 is 20.5. The van der Waals surface area contributed by atoms with E-state index in [1.807, 2.05) is 0 Å². The molecular weight excluding hydrogens is 313 g/mol. The largest absolute Gasteiger partial charge is 0.362 e. The number of rotatable bonds is 4. The summed E-state index contributed by atoms with van der Waals surface area (Å²) in [6, 6.07) is 6.24. The summed E-state index contributed by atoms with van der Waals surface area (Å²) in [4.78, 5) is 12.6. The molecule has 4 aromatic rings. The molecule has 1 N–H and O–H groups in total. The highest BCUT2D eigenvalue weighted by molar-refractivity contribution is 5.85. The maximum absolute atomic E-state index is 13.7. The molecule has 3 aromatic heterocycles. The first-order chi connectivity index (χ1) is 11.7. The summed E-state index contributed by atoms with van der Waals surface area (Å²) >= 11 is 0. The van der Waals surface area contributed by atoms with Crippen molar-refractivity contribution in [2.45, 2.75) is 6.54 Å². The second-order valence-corrected chi connectivity index (χ2v) is 5.08. The highest BCUT2D eigenvalue weighted by Gasteiger charge is 2.13. The van der Waals surface area contributed by atoms with Gasteiger partial charge in [0.25, 0.3) is 5.89 Å². The van der Waals surface area contributed by atoms with Gasteiger partial charge in [-0.25, -0.2) is 14.4 Å². The average Bonchev–Trinajstić information content (AvgIpc) is 3.21. The van der Waals surface area contributed by atoms with E-state index < -0.39 is 5.82 Å². The number of fused-ring (bicyclic) bond motifs is 1. The van der Waals surface area contributed by atoms with Crippen LogP contribution in [0.3, 0.4) is 0 Å². The second kappa shape index (κ2) is 5.69. The van der Waals surface area contributed by atoms with Crippen molar-refractivity contribution >= 4 is 16.9 Å². The van der Waals surface area contributed by atoms with Gasteiger partial charge in [-0.2, -0.15) is 10.1 Å². The monoisotopic (exact) mass is 325 g/mol. The molecule has 0 spiro atoms. The molecule has 0 atom stereocenters. The van der Waals surface area contributed by atoms with Crippen LogP contribution in [0.1, 0.15) is 5.82 Å². The number of hydrogen-bond donors (Lipinski definition) is 1. The predicted molar refractivity (Wildman–Crippen MR) is 83.3 cm³/mol. The topological polar surface area (TPSA) is 94.6 Å². The molecule has 0 fully saturated rings. The van der Waals surface area contributed by atoms with E-state index in [0.717, 1.165) is 5.39 Å². The van der Waals surface area contributed by atoms with Crippen LogP contribution in [-0.4, -0.2) is 29.9 Å². The molecule has 0 radical (unpaired) electrons. The van der Waals surface area contributed by atoms with E-state index in [1.54, 1.807) is 36.1 Å². The fourth-order valence-corrected chi connectivity index (χ4v) is 2.34. The van der Waals surface area contributed by atoms with Crippen LogP contribution in [0.15, 0.2) is 41.3 Å². The van der Waals surface area contributed by atoms with E-state index >= 15 is 0 Å². The van der Waals surface area contributed by atoms with E-state index in [4.69, 9.17) is 4.52 Å². The van der Waals surface area contributed by atoms with Gasteiger partial charge in [0.1, 0.15) is 18.0 Å². The molecule has 120 valence electrons. The highest BCUT2D eigenvalue weighted by atomic mass is 19.1. The van der Waals surface area contributed by atoms with Gasteiger partial charge in [0.15, 0.2) is 11.5 Å². The summed E-state index contributed by atoms with van der Waals surface area (Å²) in [7, 11) is 1.80. The molecule has 24 heavy (non-hydrogen) atoms. The van der Waals surface area contributed by atoms with Gasteiger partial charge >= 0.3 is 0 Å². The van der Waals surface area contributed by atoms with E-state index in [0.29, 0.717) is 17.3 Å². The number of aromatic nitrogens is 6. The Kier molecular flexibility index (Phi) is 3.38. The van der Waals surface area contributed by atoms with Gasteiger partial charge in [-0.3, -0.25) is 4.68 Å². The minimum absolute atomic E-state index is 0.138.